The van der Waals surface area contributed by atoms with Crippen molar-refractivity contribution < 1.29 is 14.3 Å². The highest BCUT2D eigenvalue weighted by Gasteiger charge is 2.17. The standard InChI is InChI=1S/C20H22N10O3/c1-4-33-14(31)9-22-20(32)30-11-23-15-17(21-2)26-19(27-18(15)30)25-13-7-5-6-12(8-13)16-24-10-29(3)28-16/h5-8,10-11H,4,9H2,1-3H3,(H,22,32)(H2,21,25,26,27). The lowest BCUT2D eigenvalue weighted by molar-refractivity contribution is -0.141. The number of aromatic nitrogens is 7. The second-order valence-corrected chi connectivity index (χ2v) is 6.84. The van der Waals surface area contributed by atoms with Crippen LogP contribution in [0.5, 0.6) is 0 Å². The largest absolute Gasteiger partial charge is 0.465 e. The number of esters is 1. The SMILES string of the molecule is CCOC(=O)CNC(=O)n1cnc2c(NC)nc(Nc3cccc(-c4ncn(C)n4)c3)nc21. The minimum absolute atomic E-state index is 0.230. The van der Waals surface area contributed by atoms with Crippen molar-refractivity contribution in [2.75, 3.05) is 30.8 Å². The number of nitrogens with one attached hydrogen (secondary N) is 3. The first-order valence-electron chi connectivity index (χ1n) is 10.1. The molecule has 170 valence electrons. The van der Waals surface area contributed by atoms with Gasteiger partial charge in [-0.25, -0.2) is 19.3 Å². The molecule has 13 nitrogen and oxygen atoms in total. The number of benzene rings is 1. The summed E-state index contributed by atoms with van der Waals surface area (Å²) in [5, 5.41) is 12.9. The Bertz CT molecular complexity index is 1310. The van der Waals surface area contributed by atoms with E-state index in [9.17, 15) is 9.59 Å². The number of imidazole rings is 1. The zero-order valence-corrected chi connectivity index (χ0v) is 18.2. The molecule has 3 heterocycles. The molecule has 0 bridgehead atoms. The topological polar surface area (TPSA) is 154 Å². The van der Waals surface area contributed by atoms with E-state index >= 15 is 0 Å². The maximum absolute atomic E-state index is 12.6. The first kappa shape index (κ1) is 21.7. The van der Waals surface area contributed by atoms with Crippen molar-refractivity contribution in [3.05, 3.63) is 36.9 Å². The van der Waals surface area contributed by atoms with Crippen LogP contribution in [0, 0.1) is 0 Å². The monoisotopic (exact) mass is 450 g/mol. The molecule has 0 radical (unpaired) electrons. The number of amides is 1. The fourth-order valence-corrected chi connectivity index (χ4v) is 3.06. The number of hydrogen-bond donors (Lipinski definition) is 3. The lowest BCUT2D eigenvalue weighted by Gasteiger charge is -2.10. The van der Waals surface area contributed by atoms with Crippen molar-refractivity contribution in [3.63, 3.8) is 0 Å². The van der Waals surface area contributed by atoms with Gasteiger partial charge in [-0.15, -0.1) is 0 Å². The molecule has 0 atom stereocenters. The van der Waals surface area contributed by atoms with E-state index < -0.39 is 12.0 Å². The van der Waals surface area contributed by atoms with Crippen molar-refractivity contribution in [2.24, 2.45) is 7.05 Å². The van der Waals surface area contributed by atoms with Crippen LogP contribution >= 0.6 is 0 Å². The quantitative estimate of drug-likeness (QED) is 0.353. The molecular weight excluding hydrogens is 428 g/mol. The van der Waals surface area contributed by atoms with Crippen molar-refractivity contribution in [3.8, 4) is 11.4 Å². The fraction of sp³-hybridized carbons (Fsp3) is 0.250. The average Bonchev–Trinajstić information content (AvgIpc) is 3.44. The number of ether oxygens (including phenoxy) is 1. The first-order valence-corrected chi connectivity index (χ1v) is 10.1. The van der Waals surface area contributed by atoms with Crippen molar-refractivity contribution >= 4 is 40.6 Å². The second kappa shape index (κ2) is 9.30. The molecule has 1 aromatic carbocycles. The minimum atomic E-state index is -0.569. The summed E-state index contributed by atoms with van der Waals surface area (Å²) < 4.78 is 7.66. The molecule has 3 aromatic heterocycles. The number of carbonyl (C=O) groups excluding carboxylic acids is 2. The zero-order chi connectivity index (χ0) is 23.4. The van der Waals surface area contributed by atoms with Crippen molar-refractivity contribution in [1.29, 1.82) is 0 Å². The molecule has 3 N–H and O–H groups in total. The maximum Gasteiger partial charge on any atom is 0.329 e. The minimum Gasteiger partial charge on any atom is -0.465 e. The summed E-state index contributed by atoms with van der Waals surface area (Å²) in [6.45, 7) is 1.65. The summed E-state index contributed by atoms with van der Waals surface area (Å²) in [5.74, 6) is 0.732. The summed E-state index contributed by atoms with van der Waals surface area (Å²) >= 11 is 0. The van der Waals surface area contributed by atoms with Crippen molar-refractivity contribution in [1.82, 2.24) is 39.6 Å². The molecule has 4 rings (SSSR count). The average molecular weight is 450 g/mol. The molecule has 1 amide bonds. The van der Waals surface area contributed by atoms with Crippen LogP contribution in [-0.4, -0.2) is 66.5 Å². The fourth-order valence-electron chi connectivity index (χ4n) is 3.06. The van der Waals surface area contributed by atoms with Crippen LogP contribution in [0.3, 0.4) is 0 Å². The molecular formula is C20H22N10O3. The second-order valence-electron chi connectivity index (χ2n) is 6.84. The highest BCUT2D eigenvalue weighted by molar-refractivity contribution is 5.93. The zero-order valence-electron chi connectivity index (χ0n) is 18.2. The molecule has 0 aliphatic heterocycles. The van der Waals surface area contributed by atoms with E-state index in [1.807, 2.05) is 24.3 Å². The van der Waals surface area contributed by atoms with Gasteiger partial charge in [0.05, 0.1) is 6.61 Å². The third kappa shape index (κ3) is 4.71. The molecule has 0 spiro atoms. The number of nitrogens with zero attached hydrogens (tertiary/aromatic N) is 7. The van der Waals surface area contributed by atoms with Crippen LogP contribution < -0.4 is 16.0 Å². The number of hydrogen-bond acceptors (Lipinski definition) is 10. The van der Waals surface area contributed by atoms with E-state index in [2.05, 4.69) is 41.0 Å². The Balaban J connectivity index is 1.62. The van der Waals surface area contributed by atoms with Gasteiger partial charge in [-0.05, 0) is 19.1 Å². The number of rotatable bonds is 7. The predicted molar refractivity (Wildman–Crippen MR) is 120 cm³/mol. The molecule has 33 heavy (non-hydrogen) atoms. The molecule has 0 aliphatic rings. The Morgan fingerprint density at radius 1 is 1.15 bits per heavy atom. The van der Waals surface area contributed by atoms with Gasteiger partial charge < -0.3 is 20.7 Å². The third-order valence-corrected chi connectivity index (χ3v) is 4.52. The third-order valence-electron chi connectivity index (χ3n) is 4.52. The van der Waals surface area contributed by atoms with Crippen LogP contribution in [0.4, 0.5) is 22.2 Å². The maximum atomic E-state index is 12.6. The van der Waals surface area contributed by atoms with Gasteiger partial charge in [0, 0.05) is 25.3 Å². The highest BCUT2D eigenvalue weighted by Crippen LogP contribution is 2.24. The number of anilines is 3. The molecule has 0 aliphatic carbocycles. The summed E-state index contributed by atoms with van der Waals surface area (Å²) in [6.07, 6.45) is 2.94. The van der Waals surface area contributed by atoms with Crippen LogP contribution in [0.2, 0.25) is 0 Å². The number of carbonyl (C=O) groups is 2. The molecule has 0 unspecified atom stereocenters. The van der Waals surface area contributed by atoms with E-state index in [-0.39, 0.29) is 24.7 Å². The summed E-state index contributed by atoms with van der Waals surface area (Å²) in [5.41, 5.74) is 2.19. The molecule has 0 saturated heterocycles. The van der Waals surface area contributed by atoms with Gasteiger partial charge in [-0.2, -0.15) is 15.1 Å². The summed E-state index contributed by atoms with van der Waals surface area (Å²) in [7, 11) is 3.49. The van der Waals surface area contributed by atoms with E-state index in [1.54, 1.807) is 32.0 Å². The Hall–Kier alpha value is -4.55. The summed E-state index contributed by atoms with van der Waals surface area (Å²) in [4.78, 5) is 41.5. The van der Waals surface area contributed by atoms with E-state index in [4.69, 9.17) is 4.74 Å². The predicted octanol–water partition coefficient (Wildman–Crippen LogP) is 1.53. The smallest absolute Gasteiger partial charge is 0.329 e. The summed E-state index contributed by atoms with van der Waals surface area (Å²) in [6, 6.07) is 6.90. The lowest BCUT2D eigenvalue weighted by atomic mass is 10.2. The highest BCUT2D eigenvalue weighted by atomic mass is 16.5. The normalized spacial score (nSPS) is 10.8. The van der Waals surface area contributed by atoms with Gasteiger partial charge in [0.2, 0.25) is 5.95 Å². The Morgan fingerprint density at radius 3 is 2.73 bits per heavy atom. The first-order chi connectivity index (χ1) is 16.0. The van der Waals surface area contributed by atoms with Crippen LogP contribution in [-0.2, 0) is 16.6 Å². The van der Waals surface area contributed by atoms with E-state index in [1.165, 1.54) is 10.9 Å². The van der Waals surface area contributed by atoms with Crippen molar-refractivity contribution in [2.45, 2.75) is 6.92 Å². The number of aryl methyl sites for hydroxylation is 1. The molecule has 4 aromatic rings. The van der Waals surface area contributed by atoms with Gasteiger partial charge in [0.15, 0.2) is 22.8 Å². The van der Waals surface area contributed by atoms with Gasteiger partial charge in [0.25, 0.3) is 0 Å². The Morgan fingerprint density at radius 2 is 2.00 bits per heavy atom. The van der Waals surface area contributed by atoms with Gasteiger partial charge >= 0.3 is 12.0 Å². The van der Waals surface area contributed by atoms with E-state index in [0.717, 1.165) is 5.56 Å². The van der Waals surface area contributed by atoms with Gasteiger partial charge in [-0.3, -0.25) is 9.48 Å². The number of fused-ring (bicyclic) bond motifs is 1. The Kier molecular flexibility index (Phi) is 6.11. The molecule has 13 heteroatoms. The van der Waals surface area contributed by atoms with Crippen LogP contribution in [0.25, 0.3) is 22.6 Å². The van der Waals surface area contributed by atoms with Crippen LogP contribution in [0.15, 0.2) is 36.9 Å². The lowest BCUT2D eigenvalue weighted by Crippen LogP contribution is -2.33. The Labute approximate surface area is 188 Å². The van der Waals surface area contributed by atoms with E-state index in [0.29, 0.717) is 22.8 Å². The molecule has 0 saturated carbocycles. The van der Waals surface area contributed by atoms with Crippen LogP contribution in [0.1, 0.15) is 6.92 Å². The van der Waals surface area contributed by atoms with Gasteiger partial charge in [-0.1, -0.05) is 12.1 Å². The van der Waals surface area contributed by atoms with Gasteiger partial charge in [0.1, 0.15) is 19.2 Å². The molecule has 0 fully saturated rings.